The minimum atomic E-state index is 0.669. The molecule has 0 unspecified atom stereocenters. The van der Waals surface area contributed by atoms with Crippen molar-refractivity contribution in [3.05, 3.63) is 30.5 Å². The van der Waals surface area contributed by atoms with E-state index in [9.17, 15) is 0 Å². The van der Waals surface area contributed by atoms with Crippen molar-refractivity contribution in [2.45, 2.75) is 12.8 Å². The molecule has 0 atom stereocenters. The van der Waals surface area contributed by atoms with Crippen molar-refractivity contribution < 1.29 is 0 Å². The van der Waals surface area contributed by atoms with Crippen LogP contribution in [0.4, 0.5) is 5.82 Å². The fraction of sp³-hybridized carbons (Fsp3) is 0.429. The molecule has 3 N–H and O–H groups in total. The van der Waals surface area contributed by atoms with Crippen molar-refractivity contribution in [2.75, 3.05) is 24.5 Å². The summed E-state index contributed by atoms with van der Waals surface area (Å²) in [5.74, 6) is 1.63. The number of piperidine rings is 1. The Morgan fingerprint density at radius 1 is 1.21 bits per heavy atom. The standard InChI is InChI=1S/C14H19N5/c15-10-11-5-8-19(9-6-11)14-4-3-13(17-18-14)12-2-1-7-16-12/h1-4,7,11,16H,5-6,8-10,15H2. The van der Waals surface area contributed by atoms with Crippen LogP contribution in [0, 0.1) is 5.92 Å². The zero-order valence-corrected chi connectivity index (χ0v) is 10.9. The van der Waals surface area contributed by atoms with E-state index in [1.165, 1.54) is 0 Å². The third-order valence-electron chi connectivity index (χ3n) is 3.80. The van der Waals surface area contributed by atoms with Crippen LogP contribution >= 0.6 is 0 Å². The van der Waals surface area contributed by atoms with Crippen LogP contribution in [0.15, 0.2) is 30.5 Å². The molecule has 1 aliphatic rings. The van der Waals surface area contributed by atoms with Gasteiger partial charge in [-0.25, -0.2) is 0 Å². The maximum absolute atomic E-state index is 5.71. The molecule has 3 heterocycles. The summed E-state index contributed by atoms with van der Waals surface area (Å²) in [6.45, 7) is 2.85. The van der Waals surface area contributed by atoms with Crippen molar-refractivity contribution >= 4 is 5.82 Å². The maximum Gasteiger partial charge on any atom is 0.151 e. The molecular weight excluding hydrogens is 238 g/mol. The molecule has 5 nitrogen and oxygen atoms in total. The molecular formula is C14H19N5. The van der Waals surface area contributed by atoms with E-state index in [4.69, 9.17) is 5.73 Å². The van der Waals surface area contributed by atoms with Gasteiger partial charge >= 0.3 is 0 Å². The van der Waals surface area contributed by atoms with E-state index in [-0.39, 0.29) is 0 Å². The second kappa shape index (κ2) is 5.40. The summed E-state index contributed by atoms with van der Waals surface area (Å²) < 4.78 is 0. The number of rotatable bonds is 3. The molecule has 0 aromatic carbocycles. The summed E-state index contributed by atoms with van der Waals surface area (Å²) in [4.78, 5) is 5.43. The molecule has 3 rings (SSSR count). The second-order valence-corrected chi connectivity index (χ2v) is 5.03. The lowest BCUT2D eigenvalue weighted by atomic mass is 9.97. The van der Waals surface area contributed by atoms with Crippen LogP contribution in [0.25, 0.3) is 11.4 Å². The molecule has 0 amide bonds. The topological polar surface area (TPSA) is 70.8 Å². The van der Waals surface area contributed by atoms with E-state index < -0.39 is 0 Å². The van der Waals surface area contributed by atoms with Gasteiger partial charge in [-0.1, -0.05) is 0 Å². The van der Waals surface area contributed by atoms with Crippen molar-refractivity contribution in [3.8, 4) is 11.4 Å². The van der Waals surface area contributed by atoms with Crippen LogP contribution in [0.2, 0.25) is 0 Å². The van der Waals surface area contributed by atoms with Crippen LogP contribution in [0.1, 0.15) is 12.8 Å². The van der Waals surface area contributed by atoms with Gasteiger partial charge in [0.15, 0.2) is 5.82 Å². The van der Waals surface area contributed by atoms with E-state index in [2.05, 4.69) is 20.1 Å². The number of nitrogens with two attached hydrogens (primary N) is 1. The molecule has 0 radical (unpaired) electrons. The van der Waals surface area contributed by atoms with Crippen molar-refractivity contribution in [1.29, 1.82) is 0 Å². The van der Waals surface area contributed by atoms with Crippen LogP contribution in [0.5, 0.6) is 0 Å². The lowest BCUT2D eigenvalue weighted by Crippen LogP contribution is -2.36. The quantitative estimate of drug-likeness (QED) is 0.877. The lowest BCUT2D eigenvalue weighted by molar-refractivity contribution is 0.412. The number of hydrogen-bond acceptors (Lipinski definition) is 4. The molecule has 2 aromatic rings. The number of hydrogen-bond donors (Lipinski definition) is 2. The van der Waals surface area contributed by atoms with Gasteiger partial charge in [0.2, 0.25) is 0 Å². The maximum atomic E-state index is 5.71. The van der Waals surface area contributed by atoms with E-state index in [0.29, 0.717) is 5.92 Å². The molecule has 2 aromatic heterocycles. The highest BCUT2D eigenvalue weighted by molar-refractivity contribution is 5.55. The van der Waals surface area contributed by atoms with Gasteiger partial charge in [-0.2, -0.15) is 0 Å². The number of aromatic amines is 1. The first-order valence-corrected chi connectivity index (χ1v) is 6.79. The minimum Gasteiger partial charge on any atom is -0.360 e. The highest BCUT2D eigenvalue weighted by Gasteiger charge is 2.19. The Labute approximate surface area is 112 Å². The normalized spacial score (nSPS) is 16.8. The first kappa shape index (κ1) is 12.2. The van der Waals surface area contributed by atoms with E-state index in [0.717, 1.165) is 49.7 Å². The molecule has 0 bridgehead atoms. The average molecular weight is 257 g/mol. The van der Waals surface area contributed by atoms with Gasteiger partial charge in [-0.15, -0.1) is 10.2 Å². The Hall–Kier alpha value is -1.88. The highest BCUT2D eigenvalue weighted by Crippen LogP contribution is 2.22. The number of H-pyrrole nitrogens is 1. The van der Waals surface area contributed by atoms with Gasteiger partial charge in [0.25, 0.3) is 0 Å². The van der Waals surface area contributed by atoms with Crippen molar-refractivity contribution in [2.24, 2.45) is 11.7 Å². The monoisotopic (exact) mass is 257 g/mol. The predicted molar refractivity (Wildman–Crippen MR) is 75.8 cm³/mol. The molecule has 100 valence electrons. The fourth-order valence-electron chi connectivity index (χ4n) is 2.52. The molecule has 1 fully saturated rings. The SMILES string of the molecule is NCC1CCN(c2ccc(-c3ccc[nH]3)nn2)CC1. The van der Waals surface area contributed by atoms with E-state index in [1.54, 1.807) is 0 Å². The number of nitrogens with zero attached hydrogens (tertiary/aromatic N) is 3. The average Bonchev–Trinajstić information content (AvgIpc) is 3.02. The van der Waals surface area contributed by atoms with Crippen LogP contribution in [0.3, 0.4) is 0 Å². The van der Waals surface area contributed by atoms with Gasteiger partial charge in [0, 0.05) is 19.3 Å². The van der Waals surface area contributed by atoms with E-state index >= 15 is 0 Å². The van der Waals surface area contributed by atoms with E-state index in [1.807, 2.05) is 30.5 Å². The summed E-state index contributed by atoms with van der Waals surface area (Å²) in [6, 6.07) is 8.02. The van der Waals surface area contributed by atoms with Gasteiger partial charge in [0.1, 0.15) is 5.69 Å². The Balaban J connectivity index is 1.70. The third-order valence-corrected chi connectivity index (χ3v) is 3.80. The summed E-state index contributed by atoms with van der Waals surface area (Å²) in [6.07, 6.45) is 4.19. The Kier molecular flexibility index (Phi) is 3.46. The van der Waals surface area contributed by atoms with Gasteiger partial charge < -0.3 is 15.6 Å². The largest absolute Gasteiger partial charge is 0.360 e. The smallest absolute Gasteiger partial charge is 0.151 e. The Morgan fingerprint density at radius 2 is 2.05 bits per heavy atom. The van der Waals surface area contributed by atoms with Gasteiger partial charge in [-0.05, 0) is 49.6 Å². The zero-order valence-electron chi connectivity index (χ0n) is 10.9. The summed E-state index contributed by atoms with van der Waals surface area (Å²) in [5, 5.41) is 8.62. The molecule has 19 heavy (non-hydrogen) atoms. The minimum absolute atomic E-state index is 0.669. The summed E-state index contributed by atoms with van der Waals surface area (Å²) >= 11 is 0. The predicted octanol–water partition coefficient (Wildman–Crippen LogP) is 1.65. The zero-order chi connectivity index (χ0) is 13.1. The van der Waals surface area contributed by atoms with Gasteiger partial charge in [0.05, 0.1) is 5.69 Å². The van der Waals surface area contributed by atoms with Crippen LogP contribution in [-0.4, -0.2) is 34.8 Å². The second-order valence-electron chi connectivity index (χ2n) is 5.03. The molecule has 1 aliphatic heterocycles. The number of aromatic nitrogens is 3. The number of nitrogens with one attached hydrogen (secondary N) is 1. The third kappa shape index (κ3) is 2.61. The lowest BCUT2D eigenvalue weighted by Gasteiger charge is -2.31. The fourth-order valence-corrected chi connectivity index (χ4v) is 2.52. The highest BCUT2D eigenvalue weighted by atomic mass is 15.3. The summed E-state index contributed by atoms with van der Waals surface area (Å²) in [5.41, 5.74) is 7.59. The molecule has 5 heteroatoms. The van der Waals surface area contributed by atoms with Crippen LogP contribution in [-0.2, 0) is 0 Å². The number of anilines is 1. The molecule has 0 spiro atoms. The van der Waals surface area contributed by atoms with Crippen LogP contribution < -0.4 is 10.6 Å². The van der Waals surface area contributed by atoms with Crippen molar-refractivity contribution in [1.82, 2.24) is 15.2 Å². The summed E-state index contributed by atoms with van der Waals surface area (Å²) in [7, 11) is 0. The van der Waals surface area contributed by atoms with Crippen molar-refractivity contribution in [3.63, 3.8) is 0 Å². The molecule has 0 saturated carbocycles. The van der Waals surface area contributed by atoms with Gasteiger partial charge in [-0.3, -0.25) is 0 Å². The Bertz CT molecular complexity index is 497. The molecule has 1 saturated heterocycles. The first-order chi connectivity index (χ1) is 9.36. The first-order valence-electron chi connectivity index (χ1n) is 6.79. The Morgan fingerprint density at radius 3 is 2.63 bits per heavy atom. The molecule has 0 aliphatic carbocycles.